The maximum absolute atomic E-state index is 12.3. The molecular formula is C23H30N4O4. The van der Waals surface area contributed by atoms with Crippen molar-refractivity contribution in [2.24, 2.45) is 0 Å². The van der Waals surface area contributed by atoms with Crippen LogP contribution in [0, 0.1) is 0 Å². The van der Waals surface area contributed by atoms with E-state index in [0.29, 0.717) is 23.5 Å². The largest absolute Gasteiger partial charge is 0.452 e. The third-order valence-electron chi connectivity index (χ3n) is 5.24. The smallest absolute Gasteiger partial charge is 0.340 e. The number of amides is 1. The lowest BCUT2D eigenvalue weighted by Crippen LogP contribution is -2.46. The highest BCUT2D eigenvalue weighted by Gasteiger charge is 2.16. The number of hydrogen-bond acceptors (Lipinski definition) is 7. The molecule has 0 radical (unpaired) electrons. The van der Waals surface area contributed by atoms with Gasteiger partial charge in [-0.05, 0) is 42.9 Å². The molecule has 1 saturated heterocycles. The van der Waals surface area contributed by atoms with Gasteiger partial charge in [-0.15, -0.1) is 0 Å². The van der Waals surface area contributed by atoms with Crippen LogP contribution in [-0.2, 0) is 9.53 Å². The van der Waals surface area contributed by atoms with Gasteiger partial charge in [-0.1, -0.05) is 19.1 Å². The summed E-state index contributed by atoms with van der Waals surface area (Å²) in [4.78, 5) is 29.3. The number of likely N-dealkylation sites (N-methyl/N-ethyl adjacent to an activating group) is 1. The van der Waals surface area contributed by atoms with Crippen LogP contribution < -0.4 is 15.5 Å². The van der Waals surface area contributed by atoms with E-state index < -0.39 is 11.9 Å². The number of benzene rings is 2. The van der Waals surface area contributed by atoms with E-state index in [1.165, 1.54) is 0 Å². The number of hydrogen-bond donors (Lipinski definition) is 3. The Morgan fingerprint density at radius 3 is 2.42 bits per heavy atom. The highest BCUT2D eigenvalue weighted by Crippen LogP contribution is 2.20. The summed E-state index contributed by atoms with van der Waals surface area (Å²) >= 11 is 0. The van der Waals surface area contributed by atoms with Gasteiger partial charge in [0.05, 0.1) is 12.2 Å². The van der Waals surface area contributed by atoms with E-state index >= 15 is 0 Å². The average Bonchev–Trinajstić information content (AvgIpc) is 2.82. The Morgan fingerprint density at radius 2 is 1.74 bits per heavy atom. The van der Waals surface area contributed by atoms with Gasteiger partial charge in [-0.2, -0.15) is 0 Å². The van der Waals surface area contributed by atoms with Gasteiger partial charge in [0.2, 0.25) is 0 Å². The summed E-state index contributed by atoms with van der Waals surface area (Å²) in [5, 5.41) is 14.7. The van der Waals surface area contributed by atoms with E-state index in [2.05, 4.69) is 27.4 Å². The molecule has 0 atom stereocenters. The normalized spacial score (nSPS) is 14.2. The van der Waals surface area contributed by atoms with Gasteiger partial charge in [0.1, 0.15) is 0 Å². The molecule has 2 aromatic carbocycles. The predicted octanol–water partition coefficient (Wildman–Crippen LogP) is 2.03. The maximum atomic E-state index is 12.3. The van der Waals surface area contributed by atoms with Crippen molar-refractivity contribution in [1.82, 2.24) is 4.90 Å². The molecule has 8 nitrogen and oxygen atoms in total. The monoisotopic (exact) mass is 426 g/mol. The van der Waals surface area contributed by atoms with E-state index in [4.69, 9.17) is 9.84 Å². The number of ether oxygens (including phenoxy) is 1. The summed E-state index contributed by atoms with van der Waals surface area (Å²) in [5.74, 6) is -1.00. The molecule has 1 aliphatic heterocycles. The van der Waals surface area contributed by atoms with Crippen LogP contribution in [0.25, 0.3) is 0 Å². The zero-order valence-corrected chi connectivity index (χ0v) is 17.8. The van der Waals surface area contributed by atoms with E-state index in [1.807, 2.05) is 24.3 Å². The molecule has 0 unspecified atom stereocenters. The Balaban J connectivity index is 1.48. The summed E-state index contributed by atoms with van der Waals surface area (Å²) in [5.41, 5.74) is 2.66. The SMILES string of the molecule is CCN1CCN(c2ccc(NC(=O)COC(=O)c3ccccc3NCCO)cc2)CC1. The second-order valence-corrected chi connectivity index (χ2v) is 7.29. The van der Waals surface area contributed by atoms with Gasteiger partial charge < -0.3 is 30.3 Å². The molecule has 3 rings (SSSR count). The molecule has 0 aromatic heterocycles. The zero-order chi connectivity index (χ0) is 22.1. The summed E-state index contributed by atoms with van der Waals surface area (Å²) < 4.78 is 5.16. The number of para-hydroxylation sites is 1. The van der Waals surface area contributed by atoms with E-state index in [9.17, 15) is 9.59 Å². The summed E-state index contributed by atoms with van der Waals surface area (Å²) in [6.07, 6.45) is 0. The van der Waals surface area contributed by atoms with Crippen LogP contribution in [0.5, 0.6) is 0 Å². The molecule has 8 heteroatoms. The lowest BCUT2D eigenvalue weighted by Gasteiger charge is -2.35. The molecule has 1 heterocycles. The van der Waals surface area contributed by atoms with E-state index in [1.54, 1.807) is 24.3 Å². The standard InChI is InChI=1S/C23H30N4O4/c1-2-26-12-14-27(15-13-26)19-9-7-18(8-10-19)25-22(29)17-31-23(30)20-5-3-4-6-21(20)24-11-16-28/h3-10,24,28H,2,11-17H2,1H3,(H,25,29). The first-order valence-corrected chi connectivity index (χ1v) is 10.6. The zero-order valence-electron chi connectivity index (χ0n) is 17.8. The fraction of sp³-hybridized carbons (Fsp3) is 0.391. The number of nitrogens with zero attached hydrogens (tertiary/aromatic N) is 2. The molecule has 0 bridgehead atoms. The number of aliphatic hydroxyl groups is 1. The average molecular weight is 427 g/mol. The van der Waals surface area contributed by atoms with Crippen molar-refractivity contribution in [3.8, 4) is 0 Å². The number of piperazine rings is 1. The van der Waals surface area contributed by atoms with Crippen LogP contribution in [0.4, 0.5) is 17.1 Å². The Hall–Kier alpha value is -3.10. The molecule has 31 heavy (non-hydrogen) atoms. The fourth-order valence-corrected chi connectivity index (χ4v) is 3.49. The maximum Gasteiger partial charge on any atom is 0.340 e. The first-order valence-electron chi connectivity index (χ1n) is 10.6. The summed E-state index contributed by atoms with van der Waals surface area (Å²) in [6, 6.07) is 14.5. The van der Waals surface area contributed by atoms with Crippen LogP contribution in [0.15, 0.2) is 48.5 Å². The van der Waals surface area contributed by atoms with Crippen molar-refractivity contribution in [3.63, 3.8) is 0 Å². The van der Waals surface area contributed by atoms with Gasteiger partial charge in [-0.25, -0.2) is 4.79 Å². The quantitative estimate of drug-likeness (QED) is 0.528. The van der Waals surface area contributed by atoms with E-state index in [-0.39, 0.29) is 13.2 Å². The Morgan fingerprint density at radius 1 is 1.03 bits per heavy atom. The predicted molar refractivity (Wildman–Crippen MR) is 122 cm³/mol. The highest BCUT2D eigenvalue weighted by atomic mass is 16.5. The minimum Gasteiger partial charge on any atom is -0.452 e. The van der Waals surface area contributed by atoms with Gasteiger partial charge in [-0.3, -0.25) is 4.79 Å². The van der Waals surface area contributed by atoms with Gasteiger partial charge >= 0.3 is 5.97 Å². The van der Waals surface area contributed by atoms with Gasteiger partial charge in [0.25, 0.3) is 5.91 Å². The second kappa shape index (κ2) is 11.3. The number of esters is 1. The Bertz CT molecular complexity index is 864. The molecule has 166 valence electrons. The van der Waals surface area contributed by atoms with Crippen molar-refractivity contribution in [1.29, 1.82) is 0 Å². The van der Waals surface area contributed by atoms with Crippen LogP contribution in [-0.4, -0.2) is 74.4 Å². The number of rotatable bonds is 9. The third kappa shape index (κ3) is 6.44. The van der Waals surface area contributed by atoms with Crippen molar-refractivity contribution >= 4 is 28.9 Å². The molecule has 2 aromatic rings. The van der Waals surface area contributed by atoms with Crippen LogP contribution in [0.3, 0.4) is 0 Å². The first kappa shape index (κ1) is 22.6. The lowest BCUT2D eigenvalue weighted by molar-refractivity contribution is -0.119. The number of aliphatic hydroxyl groups excluding tert-OH is 1. The number of anilines is 3. The number of carbonyl (C=O) groups excluding carboxylic acids is 2. The summed E-state index contributed by atoms with van der Waals surface area (Å²) in [7, 11) is 0. The number of nitrogens with one attached hydrogen (secondary N) is 2. The molecule has 0 aliphatic carbocycles. The molecule has 0 spiro atoms. The third-order valence-corrected chi connectivity index (χ3v) is 5.24. The van der Waals surface area contributed by atoms with Crippen LogP contribution in [0.1, 0.15) is 17.3 Å². The Labute approximate surface area is 182 Å². The van der Waals surface area contributed by atoms with Gasteiger partial charge in [0.15, 0.2) is 6.61 Å². The van der Waals surface area contributed by atoms with Crippen LogP contribution in [0.2, 0.25) is 0 Å². The molecule has 1 amide bonds. The molecular weight excluding hydrogens is 396 g/mol. The fourth-order valence-electron chi connectivity index (χ4n) is 3.49. The van der Waals surface area contributed by atoms with Crippen molar-refractivity contribution in [2.45, 2.75) is 6.92 Å². The highest BCUT2D eigenvalue weighted by molar-refractivity contribution is 5.98. The summed E-state index contributed by atoms with van der Waals surface area (Å²) in [6.45, 7) is 7.22. The number of carbonyl (C=O) groups is 2. The minimum absolute atomic E-state index is 0.0560. The lowest BCUT2D eigenvalue weighted by atomic mass is 10.2. The van der Waals surface area contributed by atoms with Crippen molar-refractivity contribution < 1.29 is 19.4 Å². The van der Waals surface area contributed by atoms with Crippen LogP contribution >= 0.6 is 0 Å². The first-order chi connectivity index (χ1) is 15.1. The molecule has 0 saturated carbocycles. The minimum atomic E-state index is -0.599. The molecule has 1 aliphatic rings. The van der Waals surface area contributed by atoms with Crippen molar-refractivity contribution in [2.75, 3.05) is 68.0 Å². The van der Waals surface area contributed by atoms with Gasteiger partial charge in [0, 0.05) is 49.8 Å². The van der Waals surface area contributed by atoms with E-state index in [0.717, 1.165) is 38.4 Å². The molecule has 3 N–H and O–H groups in total. The van der Waals surface area contributed by atoms with Crippen molar-refractivity contribution in [3.05, 3.63) is 54.1 Å². The topological polar surface area (TPSA) is 94.1 Å². The second-order valence-electron chi connectivity index (χ2n) is 7.29. The Kier molecular flexibility index (Phi) is 8.26. The molecule has 1 fully saturated rings.